The summed E-state index contributed by atoms with van der Waals surface area (Å²) in [7, 11) is 0. The summed E-state index contributed by atoms with van der Waals surface area (Å²) in [6, 6.07) is 12.6. The molecule has 0 bridgehead atoms. The molecule has 0 saturated carbocycles. The molecule has 0 fully saturated rings. The first-order valence-corrected chi connectivity index (χ1v) is 7.84. The van der Waals surface area contributed by atoms with Crippen molar-refractivity contribution in [3.05, 3.63) is 56.9 Å². The normalized spacial score (nSPS) is 12.9. The Bertz CT molecular complexity index is 655. The number of halogens is 1. The zero-order valence-corrected chi connectivity index (χ0v) is 12.9. The van der Waals surface area contributed by atoms with Gasteiger partial charge >= 0.3 is 0 Å². The second-order valence-corrected chi connectivity index (χ2v) is 6.43. The van der Waals surface area contributed by atoms with E-state index in [0.717, 1.165) is 27.7 Å². The van der Waals surface area contributed by atoms with Crippen molar-refractivity contribution >= 4 is 38.2 Å². The second-order valence-electron chi connectivity index (χ2n) is 4.52. The van der Waals surface area contributed by atoms with E-state index in [0.29, 0.717) is 0 Å². The van der Waals surface area contributed by atoms with Gasteiger partial charge in [0.25, 0.3) is 0 Å². The molecule has 1 aromatic carbocycles. The maximum absolute atomic E-state index is 5.86. The van der Waals surface area contributed by atoms with Gasteiger partial charge in [-0.15, -0.1) is 11.3 Å². The summed E-state index contributed by atoms with van der Waals surface area (Å²) < 4.78 is 7.00. The quantitative estimate of drug-likeness (QED) is 0.716. The lowest BCUT2D eigenvalue weighted by atomic mass is 10.2. The fourth-order valence-electron chi connectivity index (χ4n) is 2.02. The van der Waals surface area contributed by atoms with Gasteiger partial charge in [0, 0.05) is 26.7 Å². The van der Waals surface area contributed by atoms with Gasteiger partial charge in [-0.05, 0) is 41.1 Å². The van der Waals surface area contributed by atoms with Crippen LogP contribution in [0.1, 0.15) is 23.6 Å². The fraction of sp³-hybridized carbons (Fsp3) is 0.200. The Hall–Kier alpha value is -1.10. The summed E-state index contributed by atoms with van der Waals surface area (Å²) in [5.41, 5.74) is 0.949. The van der Waals surface area contributed by atoms with E-state index >= 15 is 0 Å². The van der Waals surface area contributed by atoms with Crippen LogP contribution >= 0.6 is 27.3 Å². The highest BCUT2D eigenvalue weighted by atomic mass is 79.9. The van der Waals surface area contributed by atoms with Gasteiger partial charge in [-0.1, -0.05) is 18.2 Å². The van der Waals surface area contributed by atoms with Crippen LogP contribution in [0.5, 0.6) is 0 Å². The summed E-state index contributed by atoms with van der Waals surface area (Å²) >= 11 is 5.22. The molecule has 0 amide bonds. The van der Waals surface area contributed by atoms with Gasteiger partial charge in [0.05, 0.1) is 6.04 Å². The molecule has 98 valence electrons. The number of fused-ring (bicyclic) bond motifs is 1. The second kappa shape index (κ2) is 5.49. The summed E-state index contributed by atoms with van der Waals surface area (Å²) in [5, 5.41) is 6.74. The van der Waals surface area contributed by atoms with Crippen molar-refractivity contribution in [3.63, 3.8) is 0 Å². The van der Waals surface area contributed by atoms with E-state index in [1.54, 1.807) is 11.3 Å². The molecule has 0 aliphatic carbocycles. The topological polar surface area (TPSA) is 25.2 Å². The van der Waals surface area contributed by atoms with Crippen LogP contribution in [0.3, 0.4) is 0 Å². The largest absolute Gasteiger partial charge is 0.459 e. The van der Waals surface area contributed by atoms with Crippen molar-refractivity contribution in [2.45, 2.75) is 19.5 Å². The number of thiophene rings is 1. The Morgan fingerprint density at radius 3 is 2.89 bits per heavy atom. The summed E-state index contributed by atoms with van der Waals surface area (Å²) in [6.07, 6.45) is 0. The third-order valence-electron chi connectivity index (χ3n) is 3.08. The lowest BCUT2D eigenvalue weighted by molar-refractivity contribution is 0.452. The Kier molecular flexibility index (Phi) is 3.73. The number of furan rings is 1. The Morgan fingerprint density at radius 1 is 1.32 bits per heavy atom. The zero-order chi connectivity index (χ0) is 13.2. The average molecular weight is 336 g/mol. The van der Waals surface area contributed by atoms with Gasteiger partial charge in [0.2, 0.25) is 0 Å². The van der Waals surface area contributed by atoms with Crippen molar-refractivity contribution in [1.29, 1.82) is 0 Å². The molecule has 3 aromatic rings. The molecular formula is C15H14BrNOS. The molecule has 19 heavy (non-hydrogen) atoms. The molecule has 0 aliphatic rings. The first kappa shape index (κ1) is 12.9. The van der Waals surface area contributed by atoms with Gasteiger partial charge in [0.15, 0.2) is 0 Å². The minimum Gasteiger partial charge on any atom is -0.459 e. The van der Waals surface area contributed by atoms with Crippen molar-refractivity contribution in [1.82, 2.24) is 5.32 Å². The fourth-order valence-corrected chi connectivity index (χ4v) is 3.42. The highest BCUT2D eigenvalue weighted by Gasteiger charge is 2.11. The van der Waals surface area contributed by atoms with Gasteiger partial charge < -0.3 is 9.73 Å². The van der Waals surface area contributed by atoms with Crippen LogP contribution in [0, 0.1) is 0 Å². The summed E-state index contributed by atoms with van der Waals surface area (Å²) in [4.78, 5) is 1.31. The molecule has 1 N–H and O–H groups in total. The molecule has 4 heteroatoms. The monoisotopic (exact) mass is 335 g/mol. The van der Waals surface area contributed by atoms with Crippen molar-refractivity contribution in [2.75, 3.05) is 0 Å². The SMILES string of the molecule is CC(NCc1cc(Br)cs1)c1cc2ccccc2o1. The van der Waals surface area contributed by atoms with Crippen LogP contribution in [-0.2, 0) is 6.54 Å². The van der Waals surface area contributed by atoms with Crippen LogP contribution in [0.15, 0.2) is 50.7 Å². The van der Waals surface area contributed by atoms with Gasteiger partial charge in [0.1, 0.15) is 11.3 Å². The Morgan fingerprint density at radius 2 is 2.16 bits per heavy atom. The first-order valence-electron chi connectivity index (χ1n) is 6.17. The van der Waals surface area contributed by atoms with E-state index in [1.807, 2.05) is 18.2 Å². The predicted molar refractivity (Wildman–Crippen MR) is 83.5 cm³/mol. The molecule has 2 nitrogen and oxygen atoms in total. The Labute approximate surface area is 124 Å². The smallest absolute Gasteiger partial charge is 0.134 e. The van der Waals surface area contributed by atoms with Gasteiger partial charge in [-0.2, -0.15) is 0 Å². The minimum atomic E-state index is 0.202. The maximum Gasteiger partial charge on any atom is 0.134 e. The number of hydrogen-bond acceptors (Lipinski definition) is 3. The first-order chi connectivity index (χ1) is 9.22. The third kappa shape index (κ3) is 2.91. The highest BCUT2D eigenvalue weighted by Crippen LogP contribution is 2.25. The number of hydrogen-bond donors (Lipinski definition) is 1. The maximum atomic E-state index is 5.86. The standard InChI is InChI=1S/C15H14BrNOS/c1-10(17-8-13-7-12(16)9-19-13)15-6-11-4-2-3-5-14(11)18-15/h2-7,9-10,17H,8H2,1H3. The molecule has 2 aromatic heterocycles. The van der Waals surface area contributed by atoms with Gasteiger partial charge in [-0.3, -0.25) is 0 Å². The molecular weight excluding hydrogens is 322 g/mol. The zero-order valence-electron chi connectivity index (χ0n) is 10.5. The van der Waals surface area contributed by atoms with Crippen LogP contribution < -0.4 is 5.32 Å². The molecule has 1 unspecified atom stereocenters. The van der Waals surface area contributed by atoms with Crippen LogP contribution in [0.4, 0.5) is 0 Å². The number of nitrogens with one attached hydrogen (secondary N) is 1. The Balaban J connectivity index is 1.71. The summed E-state index contributed by atoms with van der Waals surface area (Å²) in [6.45, 7) is 2.98. The predicted octanol–water partition coefficient (Wildman–Crippen LogP) is 5.11. The molecule has 1 atom stereocenters. The van der Waals surface area contributed by atoms with Crippen molar-refractivity contribution in [2.24, 2.45) is 0 Å². The van der Waals surface area contributed by atoms with E-state index in [9.17, 15) is 0 Å². The van der Waals surface area contributed by atoms with E-state index in [-0.39, 0.29) is 6.04 Å². The third-order valence-corrected chi connectivity index (χ3v) is 4.77. The molecule has 0 radical (unpaired) electrons. The summed E-state index contributed by atoms with van der Waals surface area (Å²) in [5.74, 6) is 0.983. The van der Waals surface area contributed by atoms with E-state index in [4.69, 9.17) is 4.42 Å². The van der Waals surface area contributed by atoms with Crippen molar-refractivity contribution < 1.29 is 4.42 Å². The minimum absolute atomic E-state index is 0.202. The lowest BCUT2D eigenvalue weighted by Gasteiger charge is -2.09. The van der Waals surface area contributed by atoms with Crippen LogP contribution in [0.2, 0.25) is 0 Å². The van der Waals surface area contributed by atoms with E-state index < -0.39 is 0 Å². The highest BCUT2D eigenvalue weighted by molar-refractivity contribution is 9.10. The molecule has 0 aliphatic heterocycles. The van der Waals surface area contributed by atoms with Crippen LogP contribution in [0.25, 0.3) is 11.0 Å². The van der Waals surface area contributed by atoms with Crippen molar-refractivity contribution in [3.8, 4) is 0 Å². The van der Waals surface area contributed by atoms with E-state index in [1.165, 1.54) is 4.88 Å². The lowest BCUT2D eigenvalue weighted by Crippen LogP contribution is -2.16. The number of rotatable bonds is 4. The number of benzene rings is 1. The average Bonchev–Trinajstić information content (AvgIpc) is 3.01. The molecule has 0 spiro atoms. The number of para-hydroxylation sites is 1. The molecule has 0 saturated heterocycles. The van der Waals surface area contributed by atoms with Crippen LogP contribution in [-0.4, -0.2) is 0 Å². The molecule has 2 heterocycles. The van der Waals surface area contributed by atoms with Gasteiger partial charge in [-0.25, -0.2) is 0 Å². The van der Waals surface area contributed by atoms with E-state index in [2.05, 4.69) is 51.7 Å². The molecule has 3 rings (SSSR count).